The van der Waals surface area contributed by atoms with Crippen LogP contribution in [0.1, 0.15) is 17.3 Å². The number of nitrogens with zero attached hydrogens (tertiary/aromatic N) is 2. The third-order valence-electron chi connectivity index (χ3n) is 3.39. The van der Waals surface area contributed by atoms with E-state index in [0.29, 0.717) is 0 Å². The molecule has 2 rings (SSSR count). The Morgan fingerprint density at radius 3 is 2.41 bits per heavy atom. The number of halogens is 1. The largest absolute Gasteiger partial charge is 0.449 e. The molecule has 27 heavy (non-hydrogen) atoms. The lowest BCUT2D eigenvalue weighted by atomic mass is 10.2. The number of para-hydroxylation sites is 2. The molecule has 0 bridgehead atoms. The smallest absolute Gasteiger partial charge is 0.340 e. The van der Waals surface area contributed by atoms with Crippen LogP contribution in [0.4, 0.5) is 17.1 Å². The molecule has 0 fully saturated rings. The first-order valence-corrected chi connectivity index (χ1v) is 7.77. The van der Waals surface area contributed by atoms with Gasteiger partial charge in [-0.3, -0.25) is 25.0 Å². The molecule has 0 saturated carbocycles. The number of ether oxygens (including phenoxy) is 1. The predicted octanol–water partition coefficient (Wildman–Crippen LogP) is 3.34. The number of nitro groups is 2. The van der Waals surface area contributed by atoms with Gasteiger partial charge in [-0.15, -0.1) is 0 Å². The fraction of sp³-hybridized carbons (Fsp3) is 0.125. The van der Waals surface area contributed by atoms with Gasteiger partial charge in [-0.05, 0) is 19.1 Å². The SMILES string of the molecule is CC(OC(=O)c1cc([N+](=O)[O-])ccc1Cl)C(=O)Nc1ccccc1[N+](=O)[O-]. The minimum Gasteiger partial charge on any atom is -0.449 e. The molecule has 0 aliphatic heterocycles. The maximum absolute atomic E-state index is 12.2. The molecule has 0 saturated heterocycles. The van der Waals surface area contributed by atoms with Crippen molar-refractivity contribution in [3.63, 3.8) is 0 Å². The van der Waals surface area contributed by atoms with E-state index in [1.165, 1.54) is 31.2 Å². The number of anilines is 1. The normalized spacial score (nSPS) is 11.3. The Balaban J connectivity index is 2.13. The van der Waals surface area contributed by atoms with E-state index in [1.54, 1.807) is 0 Å². The highest BCUT2D eigenvalue weighted by atomic mass is 35.5. The molecule has 2 aromatic rings. The number of amides is 1. The Bertz CT molecular complexity index is 932. The molecule has 2 aromatic carbocycles. The van der Waals surface area contributed by atoms with E-state index in [1.807, 2.05) is 0 Å². The van der Waals surface area contributed by atoms with E-state index in [9.17, 15) is 29.8 Å². The first-order valence-electron chi connectivity index (χ1n) is 7.40. The molecule has 0 spiro atoms. The molecule has 140 valence electrons. The second-order valence-corrected chi connectivity index (χ2v) is 5.64. The van der Waals surface area contributed by atoms with Crippen LogP contribution in [0.25, 0.3) is 0 Å². The summed E-state index contributed by atoms with van der Waals surface area (Å²) in [6, 6.07) is 8.65. The van der Waals surface area contributed by atoms with Crippen molar-refractivity contribution >= 4 is 40.5 Å². The van der Waals surface area contributed by atoms with Gasteiger partial charge in [0.05, 0.1) is 20.4 Å². The number of esters is 1. The maximum Gasteiger partial charge on any atom is 0.340 e. The summed E-state index contributed by atoms with van der Waals surface area (Å²) in [7, 11) is 0. The Morgan fingerprint density at radius 2 is 1.78 bits per heavy atom. The Labute approximate surface area is 157 Å². The quantitative estimate of drug-likeness (QED) is 0.450. The summed E-state index contributed by atoms with van der Waals surface area (Å²) < 4.78 is 4.96. The zero-order valence-electron chi connectivity index (χ0n) is 13.7. The number of hydrogen-bond acceptors (Lipinski definition) is 7. The van der Waals surface area contributed by atoms with E-state index < -0.39 is 27.8 Å². The van der Waals surface area contributed by atoms with Crippen molar-refractivity contribution in [3.05, 3.63) is 73.3 Å². The molecule has 1 atom stereocenters. The van der Waals surface area contributed by atoms with Crippen molar-refractivity contribution in [1.82, 2.24) is 0 Å². The van der Waals surface area contributed by atoms with E-state index in [0.717, 1.165) is 18.2 Å². The Hall–Kier alpha value is -3.53. The summed E-state index contributed by atoms with van der Waals surface area (Å²) in [4.78, 5) is 44.7. The molecule has 0 aromatic heterocycles. The number of rotatable bonds is 6. The summed E-state index contributed by atoms with van der Waals surface area (Å²) in [5.41, 5.74) is -1.05. The van der Waals surface area contributed by atoms with Gasteiger partial charge in [0.25, 0.3) is 17.3 Å². The van der Waals surface area contributed by atoms with Gasteiger partial charge in [-0.1, -0.05) is 23.7 Å². The molecule has 0 heterocycles. The van der Waals surface area contributed by atoms with Crippen molar-refractivity contribution in [2.75, 3.05) is 5.32 Å². The molecule has 0 aliphatic carbocycles. The van der Waals surface area contributed by atoms with Crippen LogP contribution in [0, 0.1) is 20.2 Å². The number of carbonyl (C=O) groups excluding carboxylic acids is 2. The predicted molar refractivity (Wildman–Crippen MR) is 94.7 cm³/mol. The lowest BCUT2D eigenvalue weighted by Crippen LogP contribution is -2.30. The van der Waals surface area contributed by atoms with Gasteiger partial charge in [0, 0.05) is 18.2 Å². The number of benzene rings is 2. The number of nitro benzene ring substituents is 2. The van der Waals surface area contributed by atoms with Crippen molar-refractivity contribution in [2.45, 2.75) is 13.0 Å². The first-order chi connectivity index (χ1) is 12.7. The standard InChI is InChI=1S/C16H12ClN3O7/c1-9(15(21)18-13-4-2-3-5-14(13)20(25)26)27-16(22)11-8-10(19(23)24)6-7-12(11)17/h2-9H,1H3,(H,18,21). The Morgan fingerprint density at radius 1 is 1.11 bits per heavy atom. The van der Waals surface area contributed by atoms with E-state index >= 15 is 0 Å². The summed E-state index contributed by atoms with van der Waals surface area (Å²) in [5, 5.41) is 24.0. The van der Waals surface area contributed by atoms with E-state index in [2.05, 4.69) is 5.32 Å². The summed E-state index contributed by atoms with van der Waals surface area (Å²) in [6.07, 6.45) is -1.34. The fourth-order valence-electron chi connectivity index (χ4n) is 2.03. The third kappa shape index (κ3) is 4.76. The highest BCUT2D eigenvalue weighted by molar-refractivity contribution is 6.33. The summed E-state index contributed by atoms with van der Waals surface area (Å²) in [5.74, 6) is -1.87. The molecule has 10 nitrogen and oxygen atoms in total. The minimum absolute atomic E-state index is 0.0659. The number of non-ortho nitro benzene ring substituents is 1. The zero-order chi connectivity index (χ0) is 20.1. The molecule has 0 radical (unpaired) electrons. The van der Waals surface area contributed by atoms with Gasteiger partial charge >= 0.3 is 5.97 Å². The minimum atomic E-state index is -1.34. The molecular weight excluding hydrogens is 382 g/mol. The molecule has 0 aliphatic rings. The molecule has 1 unspecified atom stereocenters. The monoisotopic (exact) mass is 393 g/mol. The average molecular weight is 394 g/mol. The van der Waals surface area contributed by atoms with Crippen LogP contribution in [-0.4, -0.2) is 27.8 Å². The second kappa shape index (κ2) is 8.23. The molecule has 1 N–H and O–H groups in total. The van der Waals surface area contributed by atoms with Gasteiger partial charge in [0.1, 0.15) is 5.69 Å². The van der Waals surface area contributed by atoms with Crippen LogP contribution in [0.5, 0.6) is 0 Å². The Kier molecular flexibility index (Phi) is 6.03. The fourth-order valence-corrected chi connectivity index (χ4v) is 2.23. The van der Waals surface area contributed by atoms with Crippen LogP contribution in [0.3, 0.4) is 0 Å². The zero-order valence-corrected chi connectivity index (χ0v) is 14.5. The average Bonchev–Trinajstić information content (AvgIpc) is 2.61. The van der Waals surface area contributed by atoms with Crippen LogP contribution >= 0.6 is 11.6 Å². The topological polar surface area (TPSA) is 142 Å². The van der Waals surface area contributed by atoms with Gasteiger partial charge in [0.2, 0.25) is 0 Å². The van der Waals surface area contributed by atoms with Crippen LogP contribution in [0.2, 0.25) is 5.02 Å². The number of carbonyl (C=O) groups is 2. The van der Waals surface area contributed by atoms with E-state index in [-0.39, 0.29) is 27.6 Å². The number of nitrogens with one attached hydrogen (secondary N) is 1. The van der Waals surface area contributed by atoms with Gasteiger partial charge < -0.3 is 10.1 Å². The molecule has 11 heteroatoms. The third-order valence-corrected chi connectivity index (χ3v) is 3.72. The van der Waals surface area contributed by atoms with Crippen LogP contribution in [-0.2, 0) is 9.53 Å². The lowest BCUT2D eigenvalue weighted by Gasteiger charge is -2.14. The first kappa shape index (κ1) is 19.8. The number of hydrogen-bond donors (Lipinski definition) is 1. The molecular formula is C16H12ClN3O7. The van der Waals surface area contributed by atoms with Crippen LogP contribution < -0.4 is 5.32 Å². The highest BCUT2D eigenvalue weighted by Gasteiger charge is 2.24. The second-order valence-electron chi connectivity index (χ2n) is 5.23. The summed E-state index contributed by atoms with van der Waals surface area (Å²) >= 11 is 5.85. The van der Waals surface area contributed by atoms with Crippen molar-refractivity contribution < 1.29 is 24.2 Å². The maximum atomic E-state index is 12.2. The van der Waals surface area contributed by atoms with Crippen molar-refractivity contribution in [1.29, 1.82) is 0 Å². The highest BCUT2D eigenvalue weighted by Crippen LogP contribution is 2.25. The van der Waals surface area contributed by atoms with Gasteiger partial charge in [-0.25, -0.2) is 4.79 Å². The van der Waals surface area contributed by atoms with Gasteiger partial charge in [-0.2, -0.15) is 0 Å². The van der Waals surface area contributed by atoms with Crippen molar-refractivity contribution in [3.8, 4) is 0 Å². The van der Waals surface area contributed by atoms with Crippen molar-refractivity contribution in [2.24, 2.45) is 0 Å². The summed E-state index contributed by atoms with van der Waals surface area (Å²) in [6.45, 7) is 1.24. The van der Waals surface area contributed by atoms with Crippen LogP contribution in [0.15, 0.2) is 42.5 Å². The van der Waals surface area contributed by atoms with E-state index in [4.69, 9.17) is 16.3 Å². The lowest BCUT2D eigenvalue weighted by molar-refractivity contribution is -0.384. The van der Waals surface area contributed by atoms with Gasteiger partial charge in [0.15, 0.2) is 6.10 Å². The molecule has 1 amide bonds.